The van der Waals surface area contributed by atoms with Crippen LogP contribution >= 0.6 is 49.6 Å². The Kier molecular flexibility index (Phi) is 41.7. The van der Waals surface area contributed by atoms with Crippen LogP contribution in [0.4, 0.5) is 0 Å². The van der Waals surface area contributed by atoms with E-state index < -0.39 is 12.1 Å². The molecule has 298 valence electrons. The summed E-state index contributed by atoms with van der Waals surface area (Å²) in [5, 5.41) is 0. The molecule has 0 fully saturated rings. The number of carbonyl (C=O) groups excluding carboxylic acids is 2. The van der Waals surface area contributed by atoms with Gasteiger partial charge in [-0.3, -0.25) is 9.59 Å². The van der Waals surface area contributed by atoms with Gasteiger partial charge in [-0.25, -0.2) is 0 Å². The van der Waals surface area contributed by atoms with E-state index in [1.165, 1.54) is 12.8 Å². The molecule has 0 saturated heterocycles. The van der Waals surface area contributed by atoms with Crippen LogP contribution in [0.3, 0.4) is 0 Å². The topological polar surface area (TPSA) is 163 Å². The number of halogens is 4. The van der Waals surface area contributed by atoms with Crippen LogP contribution < -0.4 is 32.4 Å². The minimum absolute atomic E-state index is 0. The third-order valence-electron chi connectivity index (χ3n) is 8.25. The summed E-state index contributed by atoms with van der Waals surface area (Å²) in [6.45, 7) is 9.30. The molecule has 0 radical (unpaired) electrons. The highest BCUT2D eigenvalue weighted by atomic mass is 35.5. The molecule has 50 heavy (non-hydrogen) atoms. The normalized spacial score (nSPS) is 11.5. The summed E-state index contributed by atoms with van der Waals surface area (Å²) in [5.74, 6) is 1.51. The van der Waals surface area contributed by atoms with E-state index in [4.69, 9.17) is 32.4 Å². The molecule has 0 aromatic heterocycles. The van der Waals surface area contributed by atoms with E-state index in [1.54, 1.807) is 0 Å². The number of hydrogen-bond acceptors (Lipinski definition) is 8. The standard InChI is InChI=1S/C36H68N6O4.4ClH/c1-3-5-7-13-24-41(35(43)33(39)20-9-11-22-37)26-16-28-45-31-18-15-19-32(30-31)46-29-17-27-42(25-14-8-6-4-2)36(44)34(40)21-10-12-23-38;;;;/h15,18-19,30,33-34H,3-14,16-17,20-29,37-40H2,1-2H3;4*1H/t33-,34-;;;;/m0..../s1. The molecule has 1 rings (SSSR count). The Morgan fingerprint density at radius 2 is 0.960 bits per heavy atom. The molecule has 0 aliphatic carbocycles. The first-order chi connectivity index (χ1) is 22.4. The van der Waals surface area contributed by atoms with E-state index >= 15 is 0 Å². The lowest BCUT2D eigenvalue weighted by atomic mass is 10.1. The Labute approximate surface area is 328 Å². The summed E-state index contributed by atoms with van der Waals surface area (Å²) in [6, 6.07) is 6.68. The first kappa shape index (κ1) is 55.5. The summed E-state index contributed by atoms with van der Waals surface area (Å²) in [4.78, 5) is 29.9. The van der Waals surface area contributed by atoms with E-state index in [2.05, 4.69) is 13.8 Å². The van der Waals surface area contributed by atoms with Crippen molar-refractivity contribution in [3.8, 4) is 11.5 Å². The van der Waals surface area contributed by atoms with E-state index in [0.717, 1.165) is 102 Å². The maximum atomic E-state index is 13.1. The molecule has 2 amide bonds. The lowest BCUT2D eigenvalue weighted by Crippen LogP contribution is -2.45. The summed E-state index contributed by atoms with van der Waals surface area (Å²) in [5.41, 5.74) is 23.7. The minimum Gasteiger partial charge on any atom is -0.493 e. The Balaban J connectivity index is -0.00000264. The zero-order valence-corrected chi connectivity index (χ0v) is 34.2. The van der Waals surface area contributed by atoms with Gasteiger partial charge in [-0.15, -0.1) is 49.6 Å². The lowest BCUT2D eigenvalue weighted by molar-refractivity contribution is -0.133. The lowest BCUT2D eigenvalue weighted by Gasteiger charge is -2.26. The van der Waals surface area contributed by atoms with Crippen LogP contribution in [0, 0.1) is 0 Å². The molecule has 0 heterocycles. The maximum Gasteiger partial charge on any atom is 0.239 e. The van der Waals surface area contributed by atoms with Gasteiger partial charge in [-0.05, 0) is 76.6 Å². The number of hydrogen-bond donors (Lipinski definition) is 4. The van der Waals surface area contributed by atoms with Crippen LogP contribution in [0.25, 0.3) is 0 Å². The van der Waals surface area contributed by atoms with E-state index in [9.17, 15) is 9.59 Å². The van der Waals surface area contributed by atoms with Gasteiger partial charge in [0.1, 0.15) is 11.5 Å². The van der Waals surface area contributed by atoms with Gasteiger partial charge in [-0.1, -0.05) is 71.3 Å². The first-order valence-corrected chi connectivity index (χ1v) is 18.2. The van der Waals surface area contributed by atoms with Crippen LogP contribution in [0.15, 0.2) is 24.3 Å². The van der Waals surface area contributed by atoms with Gasteiger partial charge in [0.25, 0.3) is 0 Å². The Bertz CT molecular complexity index is 858. The van der Waals surface area contributed by atoms with Crippen LogP contribution in [0.1, 0.15) is 117 Å². The Hall–Kier alpha value is -1.24. The van der Waals surface area contributed by atoms with Gasteiger partial charge < -0.3 is 42.2 Å². The second-order valence-corrected chi connectivity index (χ2v) is 12.4. The number of carbonyl (C=O) groups is 2. The molecule has 0 aliphatic rings. The van der Waals surface area contributed by atoms with Crippen molar-refractivity contribution in [3.05, 3.63) is 24.3 Å². The van der Waals surface area contributed by atoms with Crippen molar-refractivity contribution in [2.24, 2.45) is 22.9 Å². The predicted molar refractivity (Wildman–Crippen MR) is 219 cm³/mol. The summed E-state index contributed by atoms with van der Waals surface area (Å²) < 4.78 is 12.1. The number of unbranched alkanes of at least 4 members (excludes halogenated alkanes) is 8. The van der Waals surface area contributed by atoms with Crippen molar-refractivity contribution >= 4 is 61.4 Å². The highest BCUT2D eigenvalue weighted by Gasteiger charge is 2.21. The molecule has 8 N–H and O–H groups in total. The smallest absolute Gasteiger partial charge is 0.239 e. The van der Waals surface area contributed by atoms with Crippen LogP contribution in [0.2, 0.25) is 0 Å². The molecule has 0 spiro atoms. The van der Waals surface area contributed by atoms with Crippen molar-refractivity contribution < 1.29 is 19.1 Å². The van der Waals surface area contributed by atoms with Crippen LogP contribution in [-0.4, -0.2) is 86.2 Å². The average molecular weight is 795 g/mol. The zero-order chi connectivity index (χ0) is 33.8. The molecule has 2 atom stereocenters. The third-order valence-corrected chi connectivity index (χ3v) is 8.25. The number of rotatable bonds is 30. The molecule has 0 bridgehead atoms. The fourth-order valence-corrected chi connectivity index (χ4v) is 5.40. The zero-order valence-electron chi connectivity index (χ0n) is 30.9. The van der Waals surface area contributed by atoms with Crippen molar-refractivity contribution in [1.29, 1.82) is 0 Å². The first-order valence-electron chi connectivity index (χ1n) is 18.2. The van der Waals surface area contributed by atoms with Gasteiger partial charge in [0, 0.05) is 32.2 Å². The fraction of sp³-hybridized carbons (Fsp3) is 0.778. The Morgan fingerprint density at radius 1 is 0.580 bits per heavy atom. The van der Waals surface area contributed by atoms with Gasteiger partial charge in [0.2, 0.25) is 11.8 Å². The van der Waals surface area contributed by atoms with Gasteiger partial charge in [-0.2, -0.15) is 0 Å². The van der Waals surface area contributed by atoms with E-state index in [-0.39, 0.29) is 61.4 Å². The molecule has 0 aliphatic heterocycles. The van der Waals surface area contributed by atoms with Gasteiger partial charge >= 0.3 is 0 Å². The average Bonchev–Trinajstić information content (AvgIpc) is 3.06. The van der Waals surface area contributed by atoms with E-state index in [0.29, 0.717) is 52.2 Å². The highest BCUT2D eigenvalue weighted by molar-refractivity contribution is 5.86. The predicted octanol–water partition coefficient (Wildman–Crippen LogP) is 6.64. The molecule has 1 aromatic carbocycles. The highest BCUT2D eigenvalue weighted by Crippen LogP contribution is 2.20. The molecule has 0 unspecified atom stereocenters. The monoisotopic (exact) mass is 792 g/mol. The van der Waals surface area contributed by atoms with Crippen molar-refractivity contribution in [2.75, 3.05) is 52.5 Å². The number of nitrogens with zero attached hydrogens (tertiary/aromatic N) is 2. The number of amides is 2. The van der Waals surface area contributed by atoms with Gasteiger partial charge in [0.05, 0.1) is 25.3 Å². The van der Waals surface area contributed by atoms with Crippen LogP contribution in [-0.2, 0) is 9.59 Å². The summed E-state index contributed by atoms with van der Waals surface area (Å²) >= 11 is 0. The largest absolute Gasteiger partial charge is 0.493 e. The van der Waals surface area contributed by atoms with Crippen molar-refractivity contribution in [2.45, 2.75) is 129 Å². The maximum absolute atomic E-state index is 13.1. The molecular formula is C36H72Cl4N6O4. The molecule has 14 heteroatoms. The molecule has 10 nitrogen and oxygen atoms in total. The van der Waals surface area contributed by atoms with Crippen molar-refractivity contribution in [3.63, 3.8) is 0 Å². The van der Waals surface area contributed by atoms with Gasteiger partial charge in [0.15, 0.2) is 0 Å². The molecule has 0 saturated carbocycles. The second kappa shape index (κ2) is 37.5. The number of ether oxygens (including phenoxy) is 2. The van der Waals surface area contributed by atoms with Crippen molar-refractivity contribution in [1.82, 2.24) is 9.80 Å². The third kappa shape index (κ3) is 26.5. The Morgan fingerprint density at radius 3 is 1.32 bits per heavy atom. The minimum atomic E-state index is -0.475. The quantitative estimate of drug-likeness (QED) is 0.0630. The molecule has 1 aromatic rings. The van der Waals surface area contributed by atoms with E-state index in [1.807, 2.05) is 34.1 Å². The number of nitrogens with two attached hydrogens (primary N) is 4. The summed E-state index contributed by atoms with van der Waals surface area (Å²) in [7, 11) is 0. The second-order valence-electron chi connectivity index (χ2n) is 12.4. The summed E-state index contributed by atoms with van der Waals surface area (Å²) in [6.07, 6.45) is 15.1. The number of benzene rings is 1. The fourth-order valence-electron chi connectivity index (χ4n) is 5.40. The molecular weight excluding hydrogens is 722 g/mol. The SMILES string of the molecule is CCCCCCN(CCCOc1cccc(OCCCN(CCCCCC)C(=O)[C@@H](N)CCCCN)c1)C(=O)[C@@H](N)CCCCN.Cl.Cl.Cl.Cl. The van der Waals surface area contributed by atoms with Crippen LogP contribution in [0.5, 0.6) is 11.5 Å².